The van der Waals surface area contributed by atoms with Crippen LogP contribution >= 0.6 is 24.0 Å². The second-order valence-electron chi connectivity index (χ2n) is 5.39. The van der Waals surface area contributed by atoms with E-state index in [2.05, 4.69) is 44.8 Å². The molecule has 0 spiro atoms. The van der Waals surface area contributed by atoms with Gasteiger partial charge in [-0.2, -0.15) is 5.10 Å². The van der Waals surface area contributed by atoms with E-state index in [1.165, 1.54) is 5.56 Å². The molecule has 1 aromatic heterocycles. The molecule has 2 aromatic rings. The van der Waals surface area contributed by atoms with Gasteiger partial charge in [-0.05, 0) is 32.4 Å². The molecule has 2 rings (SSSR count). The van der Waals surface area contributed by atoms with Gasteiger partial charge in [0.05, 0.1) is 19.7 Å². The van der Waals surface area contributed by atoms with Gasteiger partial charge in [0, 0.05) is 19.2 Å². The van der Waals surface area contributed by atoms with Crippen molar-refractivity contribution in [1.82, 2.24) is 25.4 Å². The summed E-state index contributed by atoms with van der Waals surface area (Å²) in [6, 6.07) is 6.19. The zero-order valence-corrected chi connectivity index (χ0v) is 17.6. The Balaban J connectivity index is 0.00000312. The molecular formula is C17H27IN6O. The van der Waals surface area contributed by atoms with Gasteiger partial charge in [0.1, 0.15) is 17.9 Å². The van der Waals surface area contributed by atoms with Gasteiger partial charge in [-0.1, -0.05) is 12.1 Å². The Bertz CT molecular complexity index is 686. The third kappa shape index (κ3) is 6.52. The molecule has 0 amide bonds. The van der Waals surface area contributed by atoms with Crippen LogP contribution in [0.3, 0.4) is 0 Å². The number of aryl methyl sites for hydroxylation is 2. The summed E-state index contributed by atoms with van der Waals surface area (Å²) in [6.45, 7) is 8.63. The van der Waals surface area contributed by atoms with Crippen LogP contribution in [0.15, 0.2) is 29.5 Å². The van der Waals surface area contributed by atoms with Gasteiger partial charge in [0.2, 0.25) is 0 Å². The smallest absolute Gasteiger partial charge is 0.191 e. The van der Waals surface area contributed by atoms with Crippen molar-refractivity contribution in [2.24, 2.45) is 12.0 Å². The standard InChI is InChI=1S/C17H26N6O.HI/c1-5-18-17(20-11-16-21-12-22-23(16)4)19-10-14-8-7-13(3)9-15(14)24-6-2;/h7-9,12H,5-6,10-11H2,1-4H3,(H2,18,19,20);1H. The van der Waals surface area contributed by atoms with Crippen LogP contribution in [-0.2, 0) is 20.1 Å². The molecule has 0 bridgehead atoms. The van der Waals surface area contributed by atoms with Crippen molar-refractivity contribution in [3.63, 3.8) is 0 Å². The molecule has 0 fully saturated rings. The number of nitrogens with zero attached hydrogens (tertiary/aromatic N) is 4. The topological polar surface area (TPSA) is 76.4 Å². The maximum atomic E-state index is 5.71. The molecular weight excluding hydrogens is 431 g/mol. The molecule has 0 aliphatic heterocycles. The van der Waals surface area contributed by atoms with Gasteiger partial charge in [0.25, 0.3) is 0 Å². The summed E-state index contributed by atoms with van der Waals surface area (Å²) < 4.78 is 7.45. The summed E-state index contributed by atoms with van der Waals surface area (Å²) in [6.07, 6.45) is 1.54. The van der Waals surface area contributed by atoms with Crippen LogP contribution in [0.5, 0.6) is 5.75 Å². The molecule has 1 heterocycles. The molecule has 0 saturated carbocycles. The number of guanidine groups is 1. The number of nitrogens with one attached hydrogen (secondary N) is 2. The predicted molar refractivity (Wildman–Crippen MR) is 110 cm³/mol. The van der Waals surface area contributed by atoms with Crippen molar-refractivity contribution in [3.8, 4) is 5.75 Å². The Labute approximate surface area is 166 Å². The van der Waals surface area contributed by atoms with Crippen LogP contribution in [0.1, 0.15) is 30.8 Å². The van der Waals surface area contributed by atoms with Gasteiger partial charge in [-0.25, -0.2) is 9.98 Å². The molecule has 0 atom stereocenters. The number of halogens is 1. The van der Waals surface area contributed by atoms with Gasteiger partial charge in [0.15, 0.2) is 5.96 Å². The highest BCUT2D eigenvalue weighted by Crippen LogP contribution is 2.21. The average molecular weight is 458 g/mol. The lowest BCUT2D eigenvalue weighted by Gasteiger charge is -2.13. The zero-order chi connectivity index (χ0) is 17.4. The summed E-state index contributed by atoms with van der Waals surface area (Å²) in [5.74, 6) is 2.49. The van der Waals surface area contributed by atoms with Crippen LogP contribution < -0.4 is 15.4 Å². The lowest BCUT2D eigenvalue weighted by molar-refractivity contribution is 0.336. The quantitative estimate of drug-likeness (QED) is 0.379. The number of aliphatic imine (C=N–C) groups is 1. The summed E-state index contributed by atoms with van der Waals surface area (Å²) in [7, 11) is 1.87. The third-order valence-corrected chi connectivity index (χ3v) is 3.49. The van der Waals surface area contributed by atoms with Crippen molar-refractivity contribution in [2.45, 2.75) is 33.9 Å². The van der Waals surface area contributed by atoms with Gasteiger partial charge in [-0.15, -0.1) is 24.0 Å². The molecule has 0 unspecified atom stereocenters. The predicted octanol–water partition coefficient (Wildman–Crippen LogP) is 2.40. The molecule has 0 aliphatic carbocycles. The minimum absolute atomic E-state index is 0. The normalized spacial score (nSPS) is 11.0. The van der Waals surface area contributed by atoms with Crippen LogP contribution in [0.4, 0.5) is 0 Å². The highest BCUT2D eigenvalue weighted by atomic mass is 127. The van der Waals surface area contributed by atoms with Crippen LogP contribution in [-0.4, -0.2) is 33.9 Å². The Morgan fingerprint density at radius 2 is 2.08 bits per heavy atom. The fourth-order valence-electron chi connectivity index (χ4n) is 2.23. The minimum atomic E-state index is 0. The van der Waals surface area contributed by atoms with E-state index in [1.807, 2.05) is 27.0 Å². The summed E-state index contributed by atoms with van der Waals surface area (Å²) >= 11 is 0. The number of benzene rings is 1. The highest BCUT2D eigenvalue weighted by molar-refractivity contribution is 14.0. The van der Waals surface area contributed by atoms with E-state index in [9.17, 15) is 0 Å². The summed E-state index contributed by atoms with van der Waals surface area (Å²) in [5, 5.41) is 10.6. The molecule has 8 heteroatoms. The molecule has 0 aliphatic rings. The zero-order valence-electron chi connectivity index (χ0n) is 15.2. The first-order valence-corrected chi connectivity index (χ1v) is 8.21. The number of hydrogen-bond donors (Lipinski definition) is 2. The number of hydrogen-bond acceptors (Lipinski definition) is 4. The fraction of sp³-hybridized carbons (Fsp3) is 0.471. The molecule has 0 radical (unpaired) electrons. The van der Waals surface area contributed by atoms with Crippen LogP contribution in [0.25, 0.3) is 0 Å². The van der Waals surface area contributed by atoms with E-state index in [0.29, 0.717) is 19.7 Å². The number of aromatic nitrogens is 3. The molecule has 2 N–H and O–H groups in total. The maximum absolute atomic E-state index is 5.71. The second kappa shape index (κ2) is 10.9. The first-order valence-electron chi connectivity index (χ1n) is 8.21. The Kier molecular flexibility index (Phi) is 9.25. The Morgan fingerprint density at radius 1 is 1.28 bits per heavy atom. The van der Waals surface area contributed by atoms with Gasteiger partial charge < -0.3 is 15.4 Å². The Morgan fingerprint density at radius 3 is 2.72 bits per heavy atom. The van der Waals surface area contributed by atoms with Crippen molar-refractivity contribution in [1.29, 1.82) is 0 Å². The van der Waals surface area contributed by atoms with Crippen molar-refractivity contribution >= 4 is 29.9 Å². The largest absolute Gasteiger partial charge is 0.494 e. The third-order valence-electron chi connectivity index (χ3n) is 3.49. The lowest BCUT2D eigenvalue weighted by atomic mass is 10.1. The van der Waals surface area contributed by atoms with Crippen LogP contribution in [0.2, 0.25) is 0 Å². The van der Waals surface area contributed by atoms with Crippen molar-refractivity contribution < 1.29 is 4.74 Å². The van der Waals surface area contributed by atoms with Crippen molar-refractivity contribution in [3.05, 3.63) is 41.5 Å². The van der Waals surface area contributed by atoms with Gasteiger partial charge in [-0.3, -0.25) is 4.68 Å². The first kappa shape index (κ1) is 21.2. The van der Waals surface area contributed by atoms with Gasteiger partial charge >= 0.3 is 0 Å². The van der Waals surface area contributed by atoms with E-state index >= 15 is 0 Å². The van der Waals surface area contributed by atoms with E-state index in [4.69, 9.17) is 4.74 Å². The van der Waals surface area contributed by atoms with Crippen LogP contribution in [0, 0.1) is 6.92 Å². The first-order chi connectivity index (χ1) is 11.6. The second-order valence-corrected chi connectivity index (χ2v) is 5.39. The SMILES string of the molecule is CCNC(=NCc1ccc(C)cc1OCC)NCc1ncnn1C.I. The van der Waals surface area contributed by atoms with E-state index in [1.54, 1.807) is 11.0 Å². The fourth-order valence-corrected chi connectivity index (χ4v) is 2.23. The molecule has 7 nitrogen and oxygen atoms in total. The molecule has 25 heavy (non-hydrogen) atoms. The number of rotatable bonds is 7. The monoisotopic (exact) mass is 458 g/mol. The highest BCUT2D eigenvalue weighted by Gasteiger charge is 2.06. The maximum Gasteiger partial charge on any atom is 0.191 e. The summed E-state index contributed by atoms with van der Waals surface area (Å²) in [5.41, 5.74) is 2.25. The van der Waals surface area contributed by atoms with Crippen molar-refractivity contribution in [2.75, 3.05) is 13.2 Å². The minimum Gasteiger partial charge on any atom is -0.494 e. The van der Waals surface area contributed by atoms with E-state index in [0.717, 1.165) is 29.6 Å². The summed E-state index contributed by atoms with van der Waals surface area (Å²) in [4.78, 5) is 8.84. The molecule has 138 valence electrons. The van der Waals surface area contributed by atoms with E-state index < -0.39 is 0 Å². The average Bonchev–Trinajstić information content (AvgIpc) is 2.97. The Hall–Kier alpha value is -1.84. The molecule has 1 aromatic carbocycles. The molecule has 0 saturated heterocycles. The lowest BCUT2D eigenvalue weighted by Crippen LogP contribution is -2.37. The number of ether oxygens (including phenoxy) is 1. The van der Waals surface area contributed by atoms with E-state index in [-0.39, 0.29) is 24.0 Å².